The Labute approximate surface area is 100 Å². The summed E-state index contributed by atoms with van der Waals surface area (Å²) in [5.41, 5.74) is 0. The molecule has 17 heavy (non-hydrogen) atoms. The van der Waals surface area contributed by atoms with Crippen LogP contribution in [0.1, 0.15) is 25.7 Å². The molecule has 0 radical (unpaired) electrons. The first-order chi connectivity index (χ1) is 8.09. The van der Waals surface area contributed by atoms with E-state index in [4.69, 9.17) is 0 Å². The standard InChI is InChI=1S/C12H18N2O3/c1-13-5-4-10(11(13)15)14-7-2-3-9(14)8(6-7)12(16)17/h7-10H,2-6H2,1H3,(H,16,17). The van der Waals surface area contributed by atoms with Crippen molar-refractivity contribution in [3.05, 3.63) is 0 Å². The fraction of sp³-hybridized carbons (Fsp3) is 0.833. The lowest BCUT2D eigenvalue weighted by Crippen LogP contribution is -2.45. The van der Waals surface area contributed by atoms with Gasteiger partial charge in [-0.2, -0.15) is 0 Å². The van der Waals surface area contributed by atoms with Crippen molar-refractivity contribution in [2.75, 3.05) is 13.6 Å². The first-order valence-corrected chi connectivity index (χ1v) is 6.35. The van der Waals surface area contributed by atoms with Crippen molar-refractivity contribution in [1.29, 1.82) is 0 Å². The molecule has 3 saturated heterocycles. The van der Waals surface area contributed by atoms with Crippen LogP contribution in [0.15, 0.2) is 0 Å². The Morgan fingerprint density at radius 3 is 2.65 bits per heavy atom. The van der Waals surface area contributed by atoms with Crippen LogP contribution in [0.2, 0.25) is 0 Å². The number of rotatable bonds is 2. The van der Waals surface area contributed by atoms with Gasteiger partial charge < -0.3 is 10.0 Å². The van der Waals surface area contributed by atoms with Crippen molar-refractivity contribution in [3.8, 4) is 0 Å². The Morgan fingerprint density at radius 2 is 2.12 bits per heavy atom. The van der Waals surface area contributed by atoms with E-state index in [-0.39, 0.29) is 23.9 Å². The number of aliphatic carboxylic acids is 1. The van der Waals surface area contributed by atoms with E-state index in [1.165, 1.54) is 0 Å². The SMILES string of the molecule is CN1CCC(N2C3CCC2C(C(=O)O)C3)C1=O. The van der Waals surface area contributed by atoms with Gasteiger partial charge in [0.05, 0.1) is 12.0 Å². The van der Waals surface area contributed by atoms with E-state index in [1.807, 2.05) is 7.05 Å². The van der Waals surface area contributed by atoms with Crippen LogP contribution in [0.25, 0.3) is 0 Å². The predicted octanol–water partition coefficient (Wildman–Crippen LogP) is 0.155. The monoisotopic (exact) mass is 238 g/mol. The molecule has 3 aliphatic heterocycles. The van der Waals surface area contributed by atoms with E-state index >= 15 is 0 Å². The number of nitrogens with zero attached hydrogens (tertiary/aromatic N) is 2. The van der Waals surface area contributed by atoms with Crippen LogP contribution < -0.4 is 0 Å². The van der Waals surface area contributed by atoms with Gasteiger partial charge in [0.25, 0.3) is 0 Å². The minimum absolute atomic E-state index is 0.0538. The summed E-state index contributed by atoms with van der Waals surface area (Å²) in [6.45, 7) is 0.803. The van der Waals surface area contributed by atoms with Gasteiger partial charge in [0.15, 0.2) is 0 Å². The maximum atomic E-state index is 12.0. The summed E-state index contributed by atoms with van der Waals surface area (Å²) in [4.78, 5) is 27.2. The van der Waals surface area contributed by atoms with Gasteiger partial charge in [-0.15, -0.1) is 0 Å². The molecule has 94 valence electrons. The minimum Gasteiger partial charge on any atom is -0.481 e. The molecule has 3 heterocycles. The normalized spacial score (nSPS) is 41.5. The number of carboxylic acids is 1. The van der Waals surface area contributed by atoms with Crippen molar-refractivity contribution >= 4 is 11.9 Å². The van der Waals surface area contributed by atoms with Crippen molar-refractivity contribution in [1.82, 2.24) is 9.80 Å². The number of carbonyl (C=O) groups excluding carboxylic acids is 1. The van der Waals surface area contributed by atoms with Gasteiger partial charge in [0, 0.05) is 25.7 Å². The molecule has 4 atom stereocenters. The van der Waals surface area contributed by atoms with Crippen LogP contribution >= 0.6 is 0 Å². The lowest BCUT2D eigenvalue weighted by molar-refractivity contribution is -0.143. The third kappa shape index (κ3) is 1.48. The second-order valence-electron chi connectivity index (χ2n) is 5.49. The van der Waals surface area contributed by atoms with Crippen molar-refractivity contribution in [2.45, 2.75) is 43.8 Å². The minimum atomic E-state index is -0.694. The van der Waals surface area contributed by atoms with Crippen LogP contribution in [0.5, 0.6) is 0 Å². The number of likely N-dealkylation sites (tertiary alicyclic amines) is 1. The van der Waals surface area contributed by atoms with E-state index in [1.54, 1.807) is 4.90 Å². The van der Waals surface area contributed by atoms with Crippen LogP contribution in [-0.4, -0.2) is 58.5 Å². The summed E-state index contributed by atoms with van der Waals surface area (Å²) in [7, 11) is 1.83. The van der Waals surface area contributed by atoms with Gasteiger partial charge in [-0.1, -0.05) is 0 Å². The Morgan fingerprint density at radius 1 is 1.35 bits per heavy atom. The van der Waals surface area contributed by atoms with Crippen LogP contribution in [-0.2, 0) is 9.59 Å². The smallest absolute Gasteiger partial charge is 0.308 e. The first kappa shape index (κ1) is 11.0. The number of hydrogen-bond donors (Lipinski definition) is 1. The van der Waals surface area contributed by atoms with Crippen LogP contribution in [0.4, 0.5) is 0 Å². The second kappa shape index (κ2) is 3.70. The Balaban J connectivity index is 1.81. The van der Waals surface area contributed by atoms with Gasteiger partial charge in [0.2, 0.25) is 5.91 Å². The molecule has 2 bridgehead atoms. The maximum Gasteiger partial charge on any atom is 0.308 e. The summed E-state index contributed by atoms with van der Waals surface area (Å²) in [6.07, 6.45) is 3.58. The summed E-state index contributed by atoms with van der Waals surface area (Å²) in [5, 5.41) is 9.19. The summed E-state index contributed by atoms with van der Waals surface area (Å²) < 4.78 is 0. The fourth-order valence-corrected chi connectivity index (χ4v) is 3.86. The van der Waals surface area contributed by atoms with E-state index in [9.17, 15) is 14.7 Å². The number of carboxylic acid groups (broad SMARTS) is 1. The Kier molecular flexibility index (Phi) is 2.40. The Bertz CT molecular complexity index is 371. The molecule has 4 unspecified atom stereocenters. The molecule has 0 aliphatic carbocycles. The molecule has 0 spiro atoms. The molecule has 5 nitrogen and oxygen atoms in total. The van der Waals surface area contributed by atoms with E-state index in [0.717, 1.165) is 32.2 Å². The zero-order valence-corrected chi connectivity index (χ0v) is 10.0. The maximum absolute atomic E-state index is 12.0. The van der Waals surface area contributed by atoms with E-state index in [0.29, 0.717) is 6.04 Å². The average Bonchev–Trinajstić information content (AvgIpc) is 2.94. The van der Waals surface area contributed by atoms with Gasteiger partial charge in [-0.05, 0) is 25.7 Å². The fourth-order valence-electron chi connectivity index (χ4n) is 3.86. The van der Waals surface area contributed by atoms with Crippen molar-refractivity contribution in [2.24, 2.45) is 5.92 Å². The molecule has 3 aliphatic rings. The molecule has 3 fully saturated rings. The number of hydrogen-bond acceptors (Lipinski definition) is 3. The first-order valence-electron chi connectivity index (χ1n) is 6.35. The largest absolute Gasteiger partial charge is 0.481 e. The number of likely N-dealkylation sites (N-methyl/N-ethyl adjacent to an activating group) is 1. The molecular weight excluding hydrogens is 220 g/mol. The highest BCUT2D eigenvalue weighted by Crippen LogP contribution is 2.44. The molecule has 0 aromatic rings. The molecule has 0 aromatic heterocycles. The van der Waals surface area contributed by atoms with Gasteiger partial charge in [-0.3, -0.25) is 14.5 Å². The topological polar surface area (TPSA) is 60.9 Å². The number of carbonyl (C=O) groups is 2. The summed E-state index contributed by atoms with van der Waals surface area (Å²) in [6, 6.07) is 0.362. The number of fused-ring (bicyclic) bond motifs is 2. The molecular formula is C12H18N2O3. The summed E-state index contributed by atoms with van der Waals surface area (Å²) >= 11 is 0. The molecule has 0 saturated carbocycles. The quantitative estimate of drug-likeness (QED) is 0.744. The number of amides is 1. The highest BCUT2D eigenvalue weighted by molar-refractivity contribution is 5.84. The van der Waals surface area contributed by atoms with E-state index in [2.05, 4.69) is 4.90 Å². The van der Waals surface area contributed by atoms with Crippen molar-refractivity contribution in [3.63, 3.8) is 0 Å². The Hall–Kier alpha value is -1.10. The summed E-state index contributed by atoms with van der Waals surface area (Å²) in [5.74, 6) is -0.776. The third-order valence-corrected chi connectivity index (χ3v) is 4.67. The predicted molar refractivity (Wildman–Crippen MR) is 60.4 cm³/mol. The van der Waals surface area contributed by atoms with Gasteiger partial charge in [-0.25, -0.2) is 0 Å². The van der Waals surface area contributed by atoms with Crippen LogP contribution in [0, 0.1) is 5.92 Å². The molecule has 1 N–H and O–H groups in total. The third-order valence-electron chi connectivity index (χ3n) is 4.67. The second-order valence-corrected chi connectivity index (χ2v) is 5.49. The lowest BCUT2D eigenvalue weighted by Gasteiger charge is -2.27. The molecule has 0 aromatic carbocycles. The molecule has 1 amide bonds. The highest BCUT2D eigenvalue weighted by atomic mass is 16.4. The van der Waals surface area contributed by atoms with Crippen LogP contribution in [0.3, 0.4) is 0 Å². The average molecular weight is 238 g/mol. The molecule has 3 rings (SSSR count). The van der Waals surface area contributed by atoms with Gasteiger partial charge >= 0.3 is 5.97 Å². The molecule has 5 heteroatoms. The van der Waals surface area contributed by atoms with Gasteiger partial charge in [0.1, 0.15) is 0 Å². The highest BCUT2D eigenvalue weighted by Gasteiger charge is 2.54. The van der Waals surface area contributed by atoms with E-state index < -0.39 is 5.97 Å². The lowest BCUT2D eigenvalue weighted by atomic mass is 9.89. The zero-order chi connectivity index (χ0) is 12.2. The zero-order valence-electron chi connectivity index (χ0n) is 10.0. The van der Waals surface area contributed by atoms with Crippen molar-refractivity contribution < 1.29 is 14.7 Å².